The molecule has 8 heteroatoms. The highest BCUT2D eigenvalue weighted by Crippen LogP contribution is 2.31. The maximum Gasteiger partial charge on any atom is 0.254 e. The van der Waals surface area contributed by atoms with E-state index in [1.807, 2.05) is 37.3 Å². The highest BCUT2D eigenvalue weighted by molar-refractivity contribution is 5.58. The SMILES string of the molecule is COc1cc(OC)cc(N2CCC(Nc3ccc(-c4nc(C)c(C)c(=O)[nH]4)cn3)C2)c1. The molecule has 1 saturated heterocycles. The van der Waals surface area contributed by atoms with Crippen LogP contribution in [0.3, 0.4) is 0 Å². The van der Waals surface area contributed by atoms with Gasteiger partial charge in [-0.2, -0.15) is 0 Å². The van der Waals surface area contributed by atoms with Crippen LogP contribution in [0.1, 0.15) is 17.7 Å². The molecule has 0 spiro atoms. The van der Waals surface area contributed by atoms with Crippen LogP contribution in [0.5, 0.6) is 11.5 Å². The minimum absolute atomic E-state index is 0.120. The number of methoxy groups -OCH3 is 2. The number of aryl methyl sites for hydroxylation is 1. The first-order valence-corrected chi connectivity index (χ1v) is 10.3. The molecule has 0 amide bonds. The fourth-order valence-corrected chi connectivity index (χ4v) is 3.70. The molecular formula is C23H27N5O3. The van der Waals surface area contributed by atoms with E-state index < -0.39 is 0 Å². The van der Waals surface area contributed by atoms with Crippen molar-refractivity contribution in [2.24, 2.45) is 0 Å². The first-order chi connectivity index (χ1) is 15.0. The average Bonchev–Trinajstić information content (AvgIpc) is 3.25. The molecule has 0 radical (unpaired) electrons. The lowest BCUT2D eigenvalue weighted by Crippen LogP contribution is -2.26. The summed E-state index contributed by atoms with van der Waals surface area (Å²) >= 11 is 0. The van der Waals surface area contributed by atoms with Gasteiger partial charge in [0.2, 0.25) is 0 Å². The van der Waals surface area contributed by atoms with Gasteiger partial charge in [-0.25, -0.2) is 9.97 Å². The Morgan fingerprint density at radius 3 is 2.48 bits per heavy atom. The molecule has 1 aliphatic rings. The van der Waals surface area contributed by atoms with Gasteiger partial charge in [-0.3, -0.25) is 4.79 Å². The Morgan fingerprint density at radius 2 is 1.87 bits per heavy atom. The van der Waals surface area contributed by atoms with Gasteiger partial charge in [-0.15, -0.1) is 0 Å². The fraction of sp³-hybridized carbons (Fsp3) is 0.348. The van der Waals surface area contributed by atoms with Crippen molar-refractivity contribution < 1.29 is 9.47 Å². The summed E-state index contributed by atoms with van der Waals surface area (Å²) in [7, 11) is 3.32. The fourth-order valence-electron chi connectivity index (χ4n) is 3.70. The third-order valence-corrected chi connectivity index (χ3v) is 5.67. The van der Waals surface area contributed by atoms with Gasteiger partial charge in [0.15, 0.2) is 0 Å². The zero-order chi connectivity index (χ0) is 22.0. The molecule has 3 aromatic rings. The summed E-state index contributed by atoms with van der Waals surface area (Å²) in [5.74, 6) is 2.89. The van der Waals surface area contributed by atoms with E-state index in [0.717, 1.165) is 53.8 Å². The van der Waals surface area contributed by atoms with E-state index in [1.54, 1.807) is 27.3 Å². The highest BCUT2D eigenvalue weighted by Gasteiger charge is 2.24. The van der Waals surface area contributed by atoms with E-state index in [4.69, 9.17) is 9.47 Å². The van der Waals surface area contributed by atoms with Crippen LogP contribution in [0.25, 0.3) is 11.4 Å². The van der Waals surface area contributed by atoms with Gasteiger partial charge in [0.25, 0.3) is 5.56 Å². The van der Waals surface area contributed by atoms with E-state index in [0.29, 0.717) is 11.4 Å². The van der Waals surface area contributed by atoms with Crippen molar-refractivity contribution >= 4 is 11.5 Å². The second-order valence-electron chi connectivity index (χ2n) is 7.70. The van der Waals surface area contributed by atoms with Crippen molar-refractivity contribution in [2.45, 2.75) is 26.3 Å². The number of hydrogen-bond donors (Lipinski definition) is 2. The first-order valence-electron chi connectivity index (χ1n) is 10.3. The largest absolute Gasteiger partial charge is 0.497 e. The average molecular weight is 422 g/mol. The standard InChI is InChI=1S/C23H27N5O3/c1-14-15(2)25-22(27-23(14)29)16-5-6-21(24-12-16)26-17-7-8-28(13-17)18-9-19(30-3)11-20(10-18)31-4/h5-6,9-12,17H,7-8,13H2,1-4H3,(H,24,26)(H,25,27,29). The van der Waals surface area contributed by atoms with E-state index in [2.05, 4.69) is 25.2 Å². The zero-order valence-electron chi connectivity index (χ0n) is 18.2. The topological polar surface area (TPSA) is 92.4 Å². The number of nitrogens with one attached hydrogen (secondary N) is 2. The quantitative estimate of drug-likeness (QED) is 0.632. The number of rotatable bonds is 6. The number of aromatic nitrogens is 3. The normalized spacial score (nSPS) is 15.7. The Bertz CT molecular complexity index is 1100. The Kier molecular flexibility index (Phi) is 5.79. The Morgan fingerprint density at radius 1 is 1.13 bits per heavy atom. The van der Waals surface area contributed by atoms with E-state index in [-0.39, 0.29) is 11.6 Å². The van der Waals surface area contributed by atoms with Crippen LogP contribution in [0.15, 0.2) is 41.3 Å². The third-order valence-electron chi connectivity index (χ3n) is 5.67. The lowest BCUT2D eigenvalue weighted by atomic mass is 10.2. The lowest BCUT2D eigenvalue weighted by Gasteiger charge is -2.21. The summed E-state index contributed by atoms with van der Waals surface area (Å²) in [6.45, 7) is 5.38. The first kappa shape index (κ1) is 20.7. The molecule has 3 heterocycles. The molecule has 0 saturated carbocycles. The van der Waals surface area contributed by atoms with Crippen LogP contribution >= 0.6 is 0 Å². The number of aromatic amines is 1. The number of pyridine rings is 1. The molecule has 1 unspecified atom stereocenters. The van der Waals surface area contributed by atoms with E-state index in [9.17, 15) is 4.79 Å². The predicted octanol–water partition coefficient (Wildman–Crippen LogP) is 3.16. The van der Waals surface area contributed by atoms with Gasteiger partial charge in [-0.1, -0.05) is 0 Å². The summed E-state index contributed by atoms with van der Waals surface area (Å²) in [4.78, 5) is 26.1. The van der Waals surface area contributed by atoms with E-state index >= 15 is 0 Å². The summed E-state index contributed by atoms with van der Waals surface area (Å²) in [5, 5.41) is 3.50. The van der Waals surface area contributed by atoms with Gasteiger partial charge >= 0.3 is 0 Å². The molecule has 4 rings (SSSR count). The minimum Gasteiger partial charge on any atom is -0.497 e. The van der Waals surface area contributed by atoms with Crippen molar-refractivity contribution in [1.29, 1.82) is 0 Å². The number of benzene rings is 1. The Balaban J connectivity index is 1.43. The molecule has 1 atom stereocenters. The maximum atomic E-state index is 12.0. The number of H-pyrrole nitrogens is 1. The van der Waals surface area contributed by atoms with Gasteiger partial charge in [0.05, 0.1) is 14.2 Å². The summed E-state index contributed by atoms with van der Waals surface area (Å²) < 4.78 is 10.8. The minimum atomic E-state index is -0.120. The number of ether oxygens (including phenoxy) is 2. The van der Waals surface area contributed by atoms with Crippen molar-refractivity contribution in [1.82, 2.24) is 15.0 Å². The molecule has 1 aliphatic heterocycles. The molecule has 1 aromatic carbocycles. The van der Waals surface area contributed by atoms with Crippen LogP contribution < -0.4 is 25.2 Å². The molecule has 0 bridgehead atoms. The second kappa shape index (κ2) is 8.67. The third kappa shape index (κ3) is 4.47. The molecule has 31 heavy (non-hydrogen) atoms. The summed E-state index contributed by atoms with van der Waals surface area (Å²) in [6.07, 6.45) is 2.73. The van der Waals surface area contributed by atoms with Crippen LogP contribution in [0, 0.1) is 13.8 Å². The van der Waals surface area contributed by atoms with E-state index in [1.165, 1.54) is 0 Å². The van der Waals surface area contributed by atoms with Crippen LogP contribution in [0.2, 0.25) is 0 Å². The zero-order valence-corrected chi connectivity index (χ0v) is 18.2. The molecule has 0 aliphatic carbocycles. The maximum absolute atomic E-state index is 12.0. The number of nitrogens with zero attached hydrogens (tertiary/aromatic N) is 3. The molecule has 2 N–H and O–H groups in total. The summed E-state index contributed by atoms with van der Waals surface area (Å²) in [6, 6.07) is 10.0. The van der Waals surface area contributed by atoms with Gasteiger partial charge in [0.1, 0.15) is 23.1 Å². The molecule has 162 valence electrons. The predicted molar refractivity (Wildman–Crippen MR) is 121 cm³/mol. The number of anilines is 2. The lowest BCUT2D eigenvalue weighted by molar-refractivity contribution is 0.394. The monoisotopic (exact) mass is 421 g/mol. The van der Waals surface area contributed by atoms with Crippen molar-refractivity contribution in [2.75, 3.05) is 37.5 Å². The molecule has 1 fully saturated rings. The number of hydrogen-bond acceptors (Lipinski definition) is 7. The molecular weight excluding hydrogens is 394 g/mol. The van der Waals surface area contributed by atoms with Gasteiger partial charge < -0.3 is 24.7 Å². The smallest absolute Gasteiger partial charge is 0.254 e. The Hall–Kier alpha value is -3.55. The van der Waals surface area contributed by atoms with Gasteiger partial charge in [-0.05, 0) is 32.4 Å². The van der Waals surface area contributed by atoms with Crippen LogP contribution in [-0.2, 0) is 0 Å². The highest BCUT2D eigenvalue weighted by atomic mass is 16.5. The molecule has 8 nitrogen and oxygen atoms in total. The second-order valence-corrected chi connectivity index (χ2v) is 7.70. The van der Waals surface area contributed by atoms with Crippen molar-refractivity contribution in [3.05, 3.63) is 58.1 Å². The molecule has 2 aromatic heterocycles. The van der Waals surface area contributed by atoms with Crippen LogP contribution in [-0.4, -0.2) is 48.3 Å². The Labute approximate surface area is 181 Å². The van der Waals surface area contributed by atoms with Gasteiger partial charge in [0, 0.05) is 66.0 Å². The van der Waals surface area contributed by atoms with Crippen LogP contribution in [0.4, 0.5) is 11.5 Å². The van der Waals surface area contributed by atoms with Crippen molar-refractivity contribution in [3.8, 4) is 22.9 Å². The van der Waals surface area contributed by atoms with Crippen molar-refractivity contribution in [3.63, 3.8) is 0 Å². The summed E-state index contributed by atoms with van der Waals surface area (Å²) in [5.41, 5.74) is 3.09.